The molecule has 1 aliphatic rings. The number of thiophene rings is 1. The third-order valence-electron chi connectivity index (χ3n) is 3.93. The van der Waals surface area contributed by atoms with E-state index >= 15 is 0 Å². The minimum absolute atomic E-state index is 0.0993. The molecule has 7 nitrogen and oxygen atoms in total. The van der Waals surface area contributed by atoms with Crippen molar-refractivity contribution >= 4 is 21.2 Å². The summed E-state index contributed by atoms with van der Waals surface area (Å²) in [4.78, 5) is 14.2. The molecular weight excluding hydrogens is 346 g/mol. The highest BCUT2D eigenvalue weighted by Gasteiger charge is 2.32. The van der Waals surface area contributed by atoms with Crippen molar-refractivity contribution in [2.24, 2.45) is 0 Å². The van der Waals surface area contributed by atoms with Crippen LogP contribution >= 0.6 is 11.3 Å². The van der Waals surface area contributed by atoms with Crippen LogP contribution in [-0.2, 0) is 16.3 Å². The lowest BCUT2D eigenvalue weighted by molar-refractivity contribution is 0.500. The summed E-state index contributed by atoms with van der Waals surface area (Å²) in [6.45, 7) is 0. The highest BCUT2D eigenvalue weighted by molar-refractivity contribution is 7.91. The fraction of sp³-hybridized carbons (Fsp3) is 0.333. The van der Waals surface area contributed by atoms with Gasteiger partial charge in [-0.25, -0.2) is 23.1 Å². The minimum Gasteiger partial charge on any atom is -0.261 e. The van der Waals surface area contributed by atoms with Crippen LogP contribution in [0.15, 0.2) is 36.1 Å². The quantitative estimate of drug-likeness (QED) is 0.703. The molecule has 24 heavy (non-hydrogen) atoms. The Morgan fingerprint density at radius 1 is 1.33 bits per heavy atom. The molecule has 1 fully saturated rings. The Hall–Kier alpha value is -2.13. The zero-order valence-corrected chi connectivity index (χ0v) is 14.4. The van der Waals surface area contributed by atoms with Crippen LogP contribution in [0.1, 0.15) is 23.2 Å². The fourth-order valence-electron chi connectivity index (χ4n) is 2.82. The summed E-state index contributed by atoms with van der Waals surface area (Å²) >= 11 is 1.65. The summed E-state index contributed by atoms with van der Waals surface area (Å²) in [6, 6.07) is 3.83. The Kier molecular flexibility index (Phi) is 3.89. The second kappa shape index (κ2) is 6.06. The molecule has 0 aliphatic carbocycles. The van der Waals surface area contributed by atoms with Crippen molar-refractivity contribution in [2.75, 3.05) is 11.5 Å². The second-order valence-corrected chi connectivity index (χ2v) is 8.96. The molecule has 0 saturated carbocycles. The van der Waals surface area contributed by atoms with Crippen LogP contribution in [0.25, 0.3) is 11.5 Å². The molecule has 1 saturated heterocycles. The molecule has 0 bridgehead atoms. The van der Waals surface area contributed by atoms with Crippen molar-refractivity contribution in [2.45, 2.75) is 18.9 Å². The van der Waals surface area contributed by atoms with Gasteiger partial charge in [-0.05, 0) is 17.9 Å². The molecule has 124 valence electrons. The van der Waals surface area contributed by atoms with Gasteiger partial charge >= 0.3 is 0 Å². The molecule has 0 N–H and O–H groups in total. The molecular formula is C15H15N5O2S2. The Bertz CT molecular complexity index is 936. The molecule has 0 amide bonds. The molecule has 1 atom stereocenters. The summed E-state index contributed by atoms with van der Waals surface area (Å²) in [5.41, 5.74) is 0.603. The summed E-state index contributed by atoms with van der Waals surface area (Å²) < 4.78 is 25.4. The van der Waals surface area contributed by atoms with Gasteiger partial charge in [0.05, 0.1) is 23.7 Å². The van der Waals surface area contributed by atoms with E-state index in [4.69, 9.17) is 0 Å². The first-order valence-corrected chi connectivity index (χ1v) is 10.3. The molecule has 0 spiro atoms. The van der Waals surface area contributed by atoms with Gasteiger partial charge in [-0.15, -0.1) is 11.3 Å². The Labute approximate surface area is 143 Å². The number of rotatable bonds is 4. The lowest BCUT2D eigenvalue weighted by Gasteiger charge is -2.10. The third-order valence-corrected chi connectivity index (χ3v) is 6.56. The van der Waals surface area contributed by atoms with Gasteiger partial charge in [0.2, 0.25) is 0 Å². The largest absolute Gasteiger partial charge is 0.261 e. The molecule has 3 aromatic heterocycles. The lowest BCUT2D eigenvalue weighted by Crippen LogP contribution is -2.14. The van der Waals surface area contributed by atoms with Gasteiger partial charge in [-0.3, -0.25) is 4.98 Å². The van der Waals surface area contributed by atoms with Crippen molar-refractivity contribution in [1.82, 2.24) is 24.7 Å². The fourth-order valence-corrected chi connectivity index (χ4v) is 5.22. The van der Waals surface area contributed by atoms with E-state index in [9.17, 15) is 8.42 Å². The van der Waals surface area contributed by atoms with Crippen molar-refractivity contribution < 1.29 is 8.42 Å². The van der Waals surface area contributed by atoms with Gasteiger partial charge in [0, 0.05) is 23.7 Å². The van der Waals surface area contributed by atoms with Crippen LogP contribution in [-0.4, -0.2) is 44.7 Å². The van der Waals surface area contributed by atoms with E-state index < -0.39 is 9.84 Å². The minimum atomic E-state index is -3.01. The molecule has 4 heterocycles. The smallest absolute Gasteiger partial charge is 0.178 e. The average Bonchev–Trinajstić information content (AvgIpc) is 3.29. The molecule has 0 radical (unpaired) electrons. The maximum Gasteiger partial charge on any atom is 0.178 e. The van der Waals surface area contributed by atoms with Gasteiger partial charge in [0.1, 0.15) is 5.69 Å². The number of hydrogen-bond acceptors (Lipinski definition) is 7. The lowest BCUT2D eigenvalue weighted by atomic mass is 10.2. The summed E-state index contributed by atoms with van der Waals surface area (Å²) in [6.07, 6.45) is 5.99. The first kappa shape index (κ1) is 15.4. The Morgan fingerprint density at radius 2 is 2.25 bits per heavy atom. The highest BCUT2D eigenvalue weighted by atomic mass is 32.2. The summed E-state index contributed by atoms with van der Waals surface area (Å²) in [7, 11) is -3.01. The number of hydrogen-bond donors (Lipinski definition) is 0. The van der Waals surface area contributed by atoms with Crippen LogP contribution in [0.2, 0.25) is 0 Å². The second-order valence-electron chi connectivity index (χ2n) is 5.70. The molecule has 9 heteroatoms. The predicted octanol–water partition coefficient (Wildman–Crippen LogP) is 1.75. The van der Waals surface area contributed by atoms with Crippen molar-refractivity contribution in [3.63, 3.8) is 0 Å². The zero-order valence-electron chi connectivity index (χ0n) is 12.7. The van der Waals surface area contributed by atoms with Crippen LogP contribution in [0.5, 0.6) is 0 Å². The standard InChI is InChI=1S/C15H15N5O2S2/c21-24(22)7-3-11(10-24)20-15(13-9-16-4-5-17-13)18-14(19-20)8-12-2-1-6-23-12/h1-2,4-6,9,11H,3,7-8,10H2/t11-/m0/s1. The summed E-state index contributed by atoms with van der Waals surface area (Å²) in [5, 5.41) is 6.60. The molecule has 3 aromatic rings. The van der Waals surface area contributed by atoms with E-state index in [-0.39, 0.29) is 17.5 Å². The average molecular weight is 361 g/mol. The monoisotopic (exact) mass is 361 g/mol. The highest BCUT2D eigenvalue weighted by Crippen LogP contribution is 2.28. The third kappa shape index (κ3) is 3.09. The number of nitrogens with zero attached hydrogens (tertiary/aromatic N) is 5. The van der Waals surface area contributed by atoms with Crippen LogP contribution < -0.4 is 0 Å². The Morgan fingerprint density at radius 3 is 2.92 bits per heavy atom. The van der Waals surface area contributed by atoms with Gasteiger partial charge in [0.15, 0.2) is 21.5 Å². The predicted molar refractivity (Wildman–Crippen MR) is 90.5 cm³/mol. The molecule has 0 aromatic carbocycles. The topological polar surface area (TPSA) is 90.6 Å². The van der Waals surface area contributed by atoms with Gasteiger partial charge in [-0.2, -0.15) is 5.10 Å². The first-order valence-electron chi connectivity index (χ1n) is 7.55. The maximum absolute atomic E-state index is 11.8. The van der Waals surface area contributed by atoms with E-state index in [0.717, 1.165) is 4.88 Å². The Balaban J connectivity index is 1.74. The van der Waals surface area contributed by atoms with Gasteiger partial charge in [-0.1, -0.05) is 6.07 Å². The number of sulfone groups is 1. The number of aromatic nitrogens is 5. The van der Waals surface area contributed by atoms with Gasteiger partial charge < -0.3 is 0 Å². The van der Waals surface area contributed by atoms with Crippen LogP contribution in [0.3, 0.4) is 0 Å². The van der Waals surface area contributed by atoms with E-state index in [0.29, 0.717) is 30.2 Å². The molecule has 0 unspecified atom stereocenters. The van der Waals surface area contributed by atoms with E-state index in [1.807, 2.05) is 17.5 Å². The van der Waals surface area contributed by atoms with E-state index in [2.05, 4.69) is 20.1 Å². The van der Waals surface area contributed by atoms with Crippen molar-refractivity contribution in [3.05, 3.63) is 46.8 Å². The SMILES string of the molecule is O=S1(=O)CC[C@H](n2nc(Cc3cccs3)nc2-c2cnccn2)C1. The molecule has 4 rings (SSSR count). The van der Waals surface area contributed by atoms with E-state index in [1.54, 1.807) is 34.6 Å². The first-order chi connectivity index (χ1) is 11.6. The maximum atomic E-state index is 11.8. The van der Waals surface area contributed by atoms with E-state index in [1.165, 1.54) is 0 Å². The normalized spacial score (nSPS) is 19.6. The van der Waals surface area contributed by atoms with Crippen molar-refractivity contribution in [3.8, 4) is 11.5 Å². The van der Waals surface area contributed by atoms with Crippen molar-refractivity contribution in [1.29, 1.82) is 0 Å². The molecule has 1 aliphatic heterocycles. The van der Waals surface area contributed by atoms with Crippen LogP contribution in [0.4, 0.5) is 0 Å². The summed E-state index contributed by atoms with van der Waals surface area (Å²) in [5.74, 6) is 1.54. The zero-order chi connectivity index (χ0) is 16.6. The van der Waals surface area contributed by atoms with Crippen LogP contribution in [0, 0.1) is 0 Å². The van der Waals surface area contributed by atoms with Gasteiger partial charge in [0.25, 0.3) is 0 Å².